The van der Waals surface area contributed by atoms with Gasteiger partial charge in [-0.15, -0.1) is 0 Å². The number of anilines is 3. The molecule has 0 saturated heterocycles. The SMILES string of the molecule is O=S(=O)(Nc1ncccn1)c1ccc(NNc2c(-c3ccc(Cl)cc3)[nH]c3ccccc23)cc1. The zero-order valence-corrected chi connectivity index (χ0v) is 19.2. The van der Waals surface area contributed by atoms with Crippen LogP contribution in [-0.2, 0) is 10.0 Å². The molecule has 5 aromatic rings. The molecule has 0 aliphatic heterocycles. The van der Waals surface area contributed by atoms with Crippen molar-refractivity contribution in [3.63, 3.8) is 0 Å². The van der Waals surface area contributed by atoms with E-state index in [1.54, 1.807) is 18.2 Å². The van der Waals surface area contributed by atoms with Gasteiger partial charge in [0.05, 0.1) is 22.0 Å². The Hall–Kier alpha value is -4.08. The van der Waals surface area contributed by atoms with Crippen molar-refractivity contribution in [2.75, 3.05) is 15.6 Å². The molecule has 0 saturated carbocycles. The molecule has 34 heavy (non-hydrogen) atoms. The van der Waals surface area contributed by atoms with Gasteiger partial charge in [-0.05, 0) is 48.5 Å². The van der Waals surface area contributed by atoms with E-state index < -0.39 is 10.0 Å². The third kappa shape index (κ3) is 4.52. The summed E-state index contributed by atoms with van der Waals surface area (Å²) in [6.45, 7) is 0. The van der Waals surface area contributed by atoms with Gasteiger partial charge in [0.25, 0.3) is 10.0 Å². The predicted molar refractivity (Wildman–Crippen MR) is 135 cm³/mol. The number of aromatic nitrogens is 3. The molecule has 2 heterocycles. The van der Waals surface area contributed by atoms with Crippen LogP contribution in [-0.4, -0.2) is 23.4 Å². The number of fused-ring (bicyclic) bond motifs is 1. The summed E-state index contributed by atoms with van der Waals surface area (Å²) >= 11 is 6.06. The number of H-pyrrole nitrogens is 1. The van der Waals surface area contributed by atoms with Crippen molar-refractivity contribution >= 4 is 49.9 Å². The zero-order valence-electron chi connectivity index (χ0n) is 17.7. The first-order valence-corrected chi connectivity index (χ1v) is 12.1. The van der Waals surface area contributed by atoms with Crippen molar-refractivity contribution in [1.82, 2.24) is 15.0 Å². The first-order chi connectivity index (χ1) is 16.5. The fourth-order valence-corrected chi connectivity index (χ4v) is 4.57. The molecule has 0 unspecified atom stereocenters. The van der Waals surface area contributed by atoms with Crippen molar-refractivity contribution in [2.24, 2.45) is 0 Å². The third-order valence-electron chi connectivity index (χ3n) is 5.13. The summed E-state index contributed by atoms with van der Waals surface area (Å²) in [6.07, 6.45) is 2.93. The van der Waals surface area contributed by atoms with Crippen LogP contribution in [0.3, 0.4) is 0 Å². The van der Waals surface area contributed by atoms with E-state index >= 15 is 0 Å². The molecule has 2 aromatic heterocycles. The molecule has 170 valence electrons. The van der Waals surface area contributed by atoms with Crippen LogP contribution in [0.4, 0.5) is 17.3 Å². The summed E-state index contributed by atoms with van der Waals surface area (Å²) in [6, 6.07) is 23.5. The van der Waals surface area contributed by atoms with Crippen LogP contribution in [0.2, 0.25) is 5.02 Å². The average molecular weight is 491 g/mol. The molecule has 0 spiro atoms. The van der Waals surface area contributed by atoms with Crippen LogP contribution >= 0.6 is 11.6 Å². The molecular formula is C24H19ClN6O2S. The predicted octanol–water partition coefficient (Wildman–Crippen LogP) is 5.52. The lowest BCUT2D eigenvalue weighted by Crippen LogP contribution is -2.15. The van der Waals surface area contributed by atoms with Gasteiger partial charge in [-0.1, -0.05) is 41.9 Å². The second-order valence-corrected chi connectivity index (χ2v) is 9.50. The van der Waals surface area contributed by atoms with E-state index in [1.165, 1.54) is 24.5 Å². The fraction of sp³-hybridized carbons (Fsp3) is 0. The smallest absolute Gasteiger partial charge is 0.264 e. The Kier molecular flexibility index (Phi) is 5.79. The largest absolute Gasteiger partial charge is 0.353 e. The van der Waals surface area contributed by atoms with Crippen molar-refractivity contribution in [1.29, 1.82) is 0 Å². The van der Waals surface area contributed by atoms with E-state index in [0.29, 0.717) is 10.7 Å². The fourth-order valence-electron chi connectivity index (χ4n) is 3.49. The van der Waals surface area contributed by atoms with Crippen molar-refractivity contribution in [3.05, 3.63) is 96.3 Å². The third-order valence-corrected chi connectivity index (χ3v) is 6.72. The highest BCUT2D eigenvalue weighted by molar-refractivity contribution is 7.92. The number of nitrogens with one attached hydrogen (secondary N) is 4. The van der Waals surface area contributed by atoms with Gasteiger partial charge in [0.1, 0.15) is 0 Å². The first-order valence-electron chi connectivity index (χ1n) is 10.3. The van der Waals surface area contributed by atoms with E-state index in [1.807, 2.05) is 48.5 Å². The molecular weight excluding hydrogens is 472 g/mol. The highest BCUT2D eigenvalue weighted by Crippen LogP contribution is 2.35. The number of nitrogens with zero attached hydrogens (tertiary/aromatic N) is 2. The van der Waals surface area contributed by atoms with Gasteiger partial charge in [-0.3, -0.25) is 5.43 Å². The maximum atomic E-state index is 12.6. The van der Waals surface area contributed by atoms with Crippen LogP contribution in [0.1, 0.15) is 0 Å². The van der Waals surface area contributed by atoms with Gasteiger partial charge in [0.2, 0.25) is 5.95 Å². The quantitative estimate of drug-likeness (QED) is 0.223. The Bertz CT molecular complexity index is 1540. The van der Waals surface area contributed by atoms with Crippen LogP contribution < -0.4 is 15.6 Å². The Morgan fingerprint density at radius 3 is 2.24 bits per heavy atom. The second kappa shape index (κ2) is 9.05. The zero-order chi connectivity index (χ0) is 23.5. The Labute approximate surface area is 201 Å². The topological polar surface area (TPSA) is 112 Å². The van der Waals surface area contributed by atoms with Crippen LogP contribution in [0.5, 0.6) is 0 Å². The molecule has 0 radical (unpaired) electrons. The molecule has 3 aromatic carbocycles. The Balaban J connectivity index is 1.38. The van der Waals surface area contributed by atoms with Gasteiger partial charge in [0.15, 0.2) is 0 Å². The normalized spacial score (nSPS) is 11.3. The monoisotopic (exact) mass is 490 g/mol. The van der Waals surface area contributed by atoms with E-state index in [2.05, 4.69) is 30.5 Å². The van der Waals surface area contributed by atoms with E-state index in [0.717, 1.165) is 27.8 Å². The maximum absolute atomic E-state index is 12.6. The number of rotatable bonds is 7. The Morgan fingerprint density at radius 1 is 0.794 bits per heavy atom. The highest BCUT2D eigenvalue weighted by atomic mass is 35.5. The number of para-hydroxylation sites is 1. The van der Waals surface area contributed by atoms with Gasteiger partial charge in [-0.25, -0.2) is 23.1 Å². The molecule has 0 fully saturated rings. The van der Waals surface area contributed by atoms with Gasteiger partial charge < -0.3 is 10.4 Å². The molecule has 8 nitrogen and oxygen atoms in total. The molecule has 0 atom stereocenters. The van der Waals surface area contributed by atoms with Gasteiger partial charge in [0, 0.05) is 33.9 Å². The minimum Gasteiger partial charge on any atom is -0.353 e. The van der Waals surface area contributed by atoms with Gasteiger partial charge in [-0.2, -0.15) is 0 Å². The lowest BCUT2D eigenvalue weighted by molar-refractivity contribution is 0.601. The van der Waals surface area contributed by atoms with Crippen molar-refractivity contribution in [3.8, 4) is 11.3 Å². The standard InChI is InChI=1S/C24H19ClN6O2S/c25-17-8-6-16(7-9-17)22-23(20-4-1-2-5-21(20)28-22)30-29-18-10-12-19(13-11-18)34(32,33)31-24-26-14-3-15-27-24/h1-15,28-30H,(H,26,27,31). The lowest BCUT2D eigenvalue weighted by atomic mass is 10.1. The van der Waals surface area contributed by atoms with Crippen molar-refractivity contribution in [2.45, 2.75) is 4.90 Å². The number of benzene rings is 3. The first kappa shape index (κ1) is 21.7. The maximum Gasteiger partial charge on any atom is 0.264 e. The summed E-state index contributed by atoms with van der Waals surface area (Å²) in [5.74, 6) is 0.0143. The number of hydrogen-bond donors (Lipinski definition) is 4. The van der Waals surface area contributed by atoms with Crippen LogP contribution in [0.15, 0.2) is 96.2 Å². The minimum absolute atomic E-state index is 0.0143. The number of hydrazine groups is 1. The second-order valence-electron chi connectivity index (χ2n) is 7.38. The molecule has 0 bridgehead atoms. The van der Waals surface area contributed by atoms with Crippen LogP contribution in [0.25, 0.3) is 22.2 Å². The number of sulfonamides is 1. The summed E-state index contributed by atoms with van der Waals surface area (Å²) < 4.78 is 27.5. The average Bonchev–Trinajstić information content (AvgIpc) is 3.22. The molecule has 0 aliphatic rings. The van der Waals surface area contributed by atoms with E-state index in [-0.39, 0.29) is 10.8 Å². The summed E-state index contributed by atoms with van der Waals surface area (Å²) in [7, 11) is -3.80. The van der Waals surface area contributed by atoms with Crippen LogP contribution in [0, 0.1) is 0 Å². The number of hydrogen-bond acceptors (Lipinski definition) is 6. The van der Waals surface area contributed by atoms with Gasteiger partial charge >= 0.3 is 0 Å². The van der Waals surface area contributed by atoms with E-state index in [9.17, 15) is 8.42 Å². The summed E-state index contributed by atoms with van der Waals surface area (Å²) in [5, 5.41) is 1.67. The van der Waals surface area contributed by atoms with Crippen molar-refractivity contribution < 1.29 is 8.42 Å². The summed E-state index contributed by atoms with van der Waals surface area (Å²) in [4.78, 5) is 11.3. The summed E-state index contributed by atoms with van der Waals surface area (Å²) in [5.41, 5.74) is 10.8. The highest BCUT2D eigenvalue weighted by Gasteiger charge is 2.16. The van der Waals surface area contributed by atoms with E-state index in [4.69, 9.17) is 11.6 Å². The minimum atomic E-state index is -3.80. The molecule has 0 aliphatic carbocycles. The Morgan fingerprint density at radius 2 is 1.50 bits per heavy atom. The molecule has 10 heteroatoms. The number of halogens is 1. The molecule has 0 amide bonds. The molecule has 5 rings (SSSR count). The molecule has 4 N–H and O–H groups in total. The number of aromatic amines is 1. The lowest BCUT2D eigenvalue weighted by Gasteiger charge is -2.12.